The maximum absolute atomic E-state index is 12.8. The Balaban J connectivity index is 1.40. The monoisotopic (exact) mass is 475 g/mol. The van der Waals surface area contributed by atoms with Crippen LogP contribution < -0.4 is 10.1 Å². The first-order chi connectivity index (χ1) is 16.5. The van der Waals surface area contributed by atoms with Crippen LogP contribution in [0.4, 0.5) is 5.69 Å². The Kier molecular flexibility index (Phi) is 7.25. The third-order valence-electron chi connectivity index (χ3n) is 5.07. The number of aromatic nitrogens is 2. The van der Waals surface area contributed by atoms with Crippen molar-refractivity contribution in [2.45, 2.75) is 13.2 Å². The zero-order chi connectivity index (χ0) is 23.9. The first-order valence-corrected chi connectivity index (χ1v) is 10.9. The molecule has 0 spiro atoms. The predicted octanol–water partition coefficient (Wildman–Crippen LogP) is 5.20. The first kappa shape index (κ1) is 23.1. The van der Waals surface area contributed by atoms with Crippen molar-refractivity contribution in [3.05, 3.63) is 112 Å². The molecule has 8 heteroatoms. The molecule has 0 saturated carbocycles. The number of anilines is 1. The molecule has 0 aliphatic rings. The quantitative estimate of drug-likeness (QED) is 0.354. The smallest absolute Gasteiger partial charge is 0.338 e. The van der Waals surface area contributed by atoms with Gasteiger partial charge in [0.25, 0.3) is 5.91 Å². The SMILES string of the molecule is COC(=O)c1ccccc1Cn1cc(NC(=O)c2cccc(COc3ccccc3Cl)c2)cn1. The standard InChI is InChI=1S/C26H22ClN3O4/c1-33-26(32)22-10-3-2-8-20(22)15-30-16-21(14-28-30)29-25(31)19-9-6-7-18(13-19)17-34-24-12-5-4-11-23(24)27/h2-14,16H,15,17H2,1H3,(H,29,31). The van der Waals surface area contributed by atoms with Crippen LogP contribution in [0.5, 0.6) is 5.75 Å². The zero-order valence-corrected chi connectivity index (χ0v) is 19.2. The number of para-hydroxylation sites is 1. The molecule has 0 aliphatic heterocycles. The molecule has 0 aliphatic carbocycles. The molecular formula is C26H22ClN3O4. The van der Waals surface area contributed by atoms with Crippen LogP contribution in [0.1, 0.15) is 31.8 Å². The predicted molar refractivity (Wildman–Crippen MR) is 129 cm³/mol. The number of ether oxygens (including phenoxy) is 2. The molecule has 1 aromatic heterocycles. The second-order valence-corrected chi connectivity index (χ2v) is 7.86. The summed E-state index contributed by atoms with van der Waals surface area (Å²) < 4.78 is 12.2. The van der Waals surface area contributed by atoms with E-state index in [2.05, 4.69) is 10.4 Å². The molecule has 0 unspecified atom stereocenters. The Morgan fingerprint density at radius 2 is 1.82 bits per heavy atom. The highest BCUT2D eigenvalue weighted by Crippen LogP contribution is 2.24. The molecule has 172 valence electrons. The number of esters is 1. The second kappa shape index (κ2) is 10.7. The molecule has 4 rings (SSSR count). The van der Waals surface area contributed by atoms with E-state index in [1.54, 1.807) is 59.5 Å². The van der Waals surface area contributed by atoms with Gasteiger partial charge in [-0.3, -0.25) is 9.48 Å². The highest BCUT2D eigenvalue weighted by Gasteiger charge is 2.13. The summed E-state index contributed by atoms with van der Waals surface area (Å²) in [5.74, 6) is -0.0935. The molecule has 0 bridgehead atoms. The van der Waals surface area contributed by atoms with Gasteiger partial charge in [0, 0.05) is 11.8 Å². The Bertz CT molecular complexity index is 1320. The Hall–Kier alpha value is -4.10. The van der Waals surface area contributed by atoms with E-state index >= 15 is 0 Å². The summed E-state index contributed by atoms with van der Waals surface area (Å²) in [7, 11) is 1.35. The fourth-order valence-electron chi connectivity index (χ4n) is 3.38. The minimum atomic E-state index is -0.408. The van der Waals surface area contributed by atoms with Gasteiger partial charge in [-0.15, -0.1) is 0 Å². The summed E-state index contributed by atoms with van der Waals surface area (Å²) in [6.45, 7) is 0.637. The number of amides is 1. The van der Waals surface area contributed by atoms with Crippen molar-refractivity contribution in [2.24, 2.45) is 0 Å². The average Bonchev–Trinajstić information content (AvgIpc) is 3.30. The van der Waals surface area contributed by atoms with Gasteiger partial charge in [-0.05, 0) is 41.5 Å². The fourth-order valence-corrected chi connectivity index (χ4v) is 3.58. The number of methoxy groups -OCH3 is 1. The summed E-state index contributed by atoms with van der Waals surface area (Å²) >= 11 is 6.13. The molecule has 1 amide bonds. The number of halogens is 1. The number of carbonyl (C=O) groups is 2. The molecule has 0 atom stereocenters. The number of carbonyl (C=O) groups excluding carboxylic acids is 2. The average molecular weight is 476 g/mol. The Morgan fingerprint density at radius 1 is 1.03 bits per heavy atom. The minimum absolute atomic E-state index is 0.269. The van der Waals surface area contributed by atoms with Crippen molar-refractivity contribution in [1.29, 1.82) is 0 Å². The van der Waals surface area contributed by atoms with Gasteiger partial charge >= 0.3 is 5.97 Å². The molecule has 1 heterocycles. The Labute approximate surface area is 201 Å². The van der Waals surface area contributed by atoms with Gasteiger partial charge in [0.05, 0.1) is 36.1 Å². The van der Waals surface area contributed by atoms with E-state index < -0.39 is 5.97 Å². The zero-order valence-electron chi connectivity index (χ0n) is 18.4. The molecule has 0 fully saturated rings. The van der Waals surface area contributed by atoms with Gasteiger partial charge in [-0.1, -0.05) is 54.1 Å². The van der Waals surface area contributed by atoms with Crippen molar-refractivity contribution in [3.63, 3.8) is 0 Å². The molecule has 0 radical (unpaired) electrons. The van der Waals surface area contributed by atoms with Crippen LogP contribution in [0.3, 0.4) is 0 Å². The van der Waals surface area contributed by atoms with E-state index in [1.807, 2.05) is 30.3 Å². The molecule has 0 saturated heterocycles. The van der Waals surface area contributed by atoms with Gasteiger partial charge in [-0.25, -0.2) is 4.79 Å². The van der Waals surface area contributed by atoms with Crippen LogP contribution >= 0.6 is 11.6 Å². The van der Waals surface area contributed by atoms with Crippen molar-refractivity contribution >= 4 is 29.2 Å². The number of nitrogens with zero attached hydrogens (tertiary/aromatic N) is 2. The first-order valence-electron chi connectivity index (χ1n) is 10.5. The summed E-state index contributed by atoms with van der Waals surface area (Å²) in [5, 5.41) is 7.67. The van der Waals surface area contributed by atoms with E-state index in [0.717, 1.165) is 11.1 Å². The third kappa shape index (κ3) is 5.63. The maximum Gasteiger partial charge on any atom is 0.338 e. The van der Waals surface area contributed by atoms with Crippen molar-refractivity contribution in [3.8, 4) is 5.75 Å². The van der Waals surface area contributed by atoms with Crippen molar-refractivity contribution < 1.29 is 19.1 Å². The Morgan fingerprint density at radius 3 is 2.65 bits per heavy atom. The summed E-state index contributed by atoms with van der Waals surface area (Å²) in [4.78, 5) is 24.8. The second-order valence-electron chi connectivity index (χ2n) is 7.45. The maximum atomic E-state index is 12.8. The highest BCUT2D eigenvalue weighted by atomic mass is 35.5. The molecular weight excluding hydrogens is 454 g/mol. The molecule has 4 aromatic rings. The van der Waals surface area contributed by atoms with E-state index in [4.69, 9.17) is 21.1 Å². The van der Waals surface area contributed by atoms with Gasteiger partial charge in [0.1, 0.15) is 12.4 Å². The van der Waals surface area contributed by atoms with Crippen LogP contribution in [0.25, 0.3) is 0 Å². The summed E-state index contributed by atoms with van der Waals surface area (Å²) in [5.41, 5.74) is 3.11. The number of hydrogen-bond donors (Lipinski definition) is 1. The normalized spacial score (nSPS) is 10.5. The van der Waals surface area contributed by atoms with Crippen LogP contribution in [0.15, 0.2) is 85.2 Å². The van der Waals surface area contributed by atoms with Gasteiger partial charge in [-0.2, -0.15) is 5.10 Å². The van der Waals surface area contributed by atoms with Gasteiger partial charge in [0.2, 0.25) is 0 Å². The van der Waals surface area contributed by atoms with Gasteiger partial charge in [0.15, 0.2) is 0 Å². The van der Waals surface area contributed by atoms with E-state index in [0.29, 0.717) is 34.1 Å². The van der Waals surface area contributed by atoms with E-state index in [1.165, 1.54) is 7.11 Å². The van der Waals surface area contributed by atoms with Crippen molar-refractivity contribution in [2.75, 3.05) is 12.4 Å². The van der Waals surface area contributed by atoms with Crippen LogP contribution in [0.2, 0.25) is 5.02 Å². The minimum Gasteiger partial charge on any atom is -0.487 e. The highest BCUT2D eigenvalue weighted by molar-refractivity contribution is 6.32. The van der Waals surface area contributed by atoms with E-state index in [-0.39, 0.29) is 12.5 Å². The lowest BCUT2D eigenvalue weighted by Crippen LogP contribution is -2.12. The fraction of sp³-hybridized carbons (Fsp3) is 0.115. The number of benzene rings is 3. The molecule has 7 nitrogen and oxygen atoms in total. The van der Waals surface area contributed by atoms with E-state index in [9.17, 15) is 9.59 Å². The van der Waals surface area contributed by atoms with Crippen LogP contribution in [0, 0.1) is 0 Å². The summed E-state index contributed by atoms with van der Waals surface area (Å²) in [6, 6.07) is 21.6. The molecule has 34 heavy (non-hydrogen) atoms. The number of hydrogen-bond acceptors (Lipinski definition) is 5. The summed E-state index contributed by atoms with van der Waals surface area (Å²) in [6.07, 6.45) is 3.26. The molecule has 1 N–H and O–H groups in total. The van der Waals surface area contributed by atoms with Crippen molar-refractivity contribution in [1.82, 2.24) is 9.78 Å². The number of nitrogens with one attached hydrogen (secondary N) is 1. The van der Waals surface area contributed by atoms with Gasteiger partial charge < -0.3 is 14.8 Å². The third-order valence-corrected chi connectivity index (χ3v) is 5.38. The largest absolute Gasteiger partial charge is 0.487 e. The topological polar surface area (TPSA) is 82.5 Å². The number of rotatable bonds is 8. The lowest BCUT2D eigenvalue weighted by atomic mass is 10.1. The molecule has 3 aromatic carbocycles. The van der Waals surface area contributed by atoms with Crippen LogP contribution in [-0.2, 0) is 17.9 Å². The lowest BCUT2D eigenvalue weighted by molar-refractivity contribution is 0.0599. The van der Waals surface area contributed by atoms with Crippen LogP contribution in [-0.4, -0.2) is 28.8 Å². The lowest BCUT2D eigenvalue weighted by Gasteiger charge is -2.09.